The standard InChI is InChI=1S/C11H17N3O2S/c1-7-5-14(3-4-16-7)11(15)9-6-17-10(13-9)8(2)12/h6-8H,3-5,12H2,1-2H3. The fourth-order valence-corrected chi connectivity index (χ4v) is 2.51. The van der Waals surface area contributed by atoms with Crippen molar-refractivity contribution in [2.24, 2.45) is 5.73 Å². The quantitative estimate of drug-likeness (QED) is 0.857. The highest BCUT2D eigenvalue weighted by Gasteiger charge is 2.24. The van der Waals surface area contributed by atoms with Gasteiger partial charge in [-0.1, -0.05) is 0 Å². The lowest BCUT2D eigenvalue weighted by Crippen LogP contribution is -2.44. The lowest BCUT2D eigenvalue weighted by Gasteiger charge is -2.30. The van der Waals surface area contributed by atoms with E-state index in [9.17, 15) is 4.79 Å². The maximum absolute atomic E-state index is 12.2. The number of thiazole rings is 1. The summed E-state index contributed by atoms with van der Waals surface area (Å²) in [4.78, 5) is 18.2. The highest BCUT2D eigenvalue weighted by Crippen LogP contribution is 2.18. The molecule has 1 aromatic rings. The molecule has 1 aromatic heterocycles. The highest BCUT2D eigenvalue weighted by molar-refractivity contribution is 7.09. The summed E-state index contributed by atoms with van der Waals surface area (Å²) in [5.41, 5.74) is 6.23. The van der Waals surface area contributed by atoms with E-state index in [0.29, 0.717) is 25.4 Å². The summed E-state index contributed by atoms with van der Waals surface area (Å²) in [6.07, 6.45) is 0.0965. The third-order valence-corrected chi connectivity index (χ3v) is 3.70. The minimum atomic E-state index is -0.120. The number of amides is 1. The number of hydrogen-bond acceptors (Lipinski definition) is 5. The van der Waals surface area contributed by atoms with E-state index in [2.05, 4.69) is 4.98 Å². The SMILES string of the molecule is CC1CN(C(=O)c2csc(C(C)N)n2)CCO1. The molecule has 5 nitrogen and oxygen atoms in total. The summed E-state index contributed by atoms with van der Waals surface area (Å²) in [5, 5.41) is 2.58. The normalized spacial score (nSPS) is 22.5. The predicted octanol–water partition coefficient (Wildman–Crippen LogP) is 1.02. The molecule has 0 radical (unpaired) electrons. The first kappa shape index (κ1) is 12.5. The van der Waals surface area contributed by atoms with Crippen LogP contribution in [0.15, 0.2) is 5.38 Å². The van der Waals surface area contributed by atoms with Crippen LogP contribution in [0.5, 0.6) is 0 Å². The molecule has 94 valence electrons. The predicted molar refractivity (Wildman–Crippen MR) is 66.0 cm³/mol. The van der Waals surface area contributed by atoms with Gasteiger partial charge in [-0.15, -0.1) is 11.3 Å². The van der Waals surface area contributed by atoms with Gasteiger partial charge in [0, 0.05) is 18.5 Å². The Morgan fingerprint density at radius 1 is 1.76 bits per heavy atom. The summed E-state index contributed by atoms with van der Waals surface area (Å²) >= 11 is 1.44. The van der Waals surface area contributed by atoms with E-state index in [-0.39, 0.29) is 18.1 Å². The van der Waals surface area contributed by atoms with Gasteiger partial charge in [0.2, 0.25) is 0 Å². The van der Waals surface area contributed by atoms with E-state index in [4.69, 9.17) is 10.5 Å². The number of carbonyl (C=O) groups is 1. The van der Waals surface area contributed by atoms with Crippen molar-refractivity contribution < 1.29 is 9.53 Å². The van der Waals surface area contributed by atoms with Crippen molar-refractivity contribution in [1.82, 2.24) is 9.88 Å². The number of nitrogens with two attached hydrogens (primary N) is 1. The molecule has 0 spiro atoms. The maximum Gasteiger partial charge on any atom is 0.273 e. The zero-order valence-corrected chi connectivity index (χ0v) is 10.9. The minimum Gasteiger partial charge on any atom is -0.375 e. The van der Waals surface area contributed by atoms with Gasteiger partial charge in [0.05, 0.1) is 18.8 Å². The Kier molecular flexibility index (Phi) is 3.76. The molecule has 1 aliphatic heterocycles. The van der Waals surface area contributed by atoms with Crippen LogP contribution < -0.4 is 5.73 Å². The molecule has 2 heterocycles. The second-order valence-electron chi connectivity index (χ2n) is 4.29. The van der Waals surface area contributed by atoms with E-state index in [1.807, 2.05) is 13.8 Å². The fraction of sp³-hybridized carbons (Fsp3) is 0.636. The molecule has 2 N–H and O–H groups in total. The van der Waals surface area contributed by atoms with Crippen LogP contribution in [-0.2, 0) is 4.74 Å². The van der Waals surface area contributed by atoms with Crippen molar-refractivity contribution in [2.45, 2.75) is 26.0 Å². The first-order valence-electron chi connectivity index (χ1n) is 5.70. The first-order chi connectivity index (χ1) is 8.08. The number of aromatic nitrogens is 1. The Hall–Kier alpha value is -0.980. The number of hydrogen-bond donors (Lipinski definition) is 1. The minimum absolute atomic E-state index is 0.0247. The van der Waals surface area contributed by atoms with Crippen molar-refractivity contribution >= 4 is 17.2 Å². The van der Waals surface area contributed by atoms with E-state index in [1.165, 1.54) is 11.3 Å². The van der Waals surface area contributed by atoms with Crippen LogP contribution in [0.4, 0.5) is 0 Å². The second kappa shape index (κ2) is 5.12. The Balaban J connectivity index is 2.07. The van der Waals surface area contributed by atoms with Gasteiger partial charge in [0.15, 0.2) is 0 Å². The second-order valence-corrected chi connectivity index (χ2v) is 5.18. The fourth-order valence-electron chi connectivity index (χ4n) is 1.76. The summed E-state index contributed by atoms with van der Waals surface area (Å²) in [5.74, 6) is -0.0247. The molecule has 2 unspecified atom stereocenters. The molecular formula is C11H17N3O2S. The molecule has 17 heavy (non-hydrogen) atoms. The Morgan fingerprint density at radius 2 is 2.53 bits per heavy atom. The van der Waals surface area contributed by atoms with Crippen molar-refractivity contribution in [1.29, 1.82) is 0 Å². The van der Waals surface area contributed by atoms with Crippen molar-refractivity contribution in [3.63, 3.8) is 0 Å². The van der Waals surface area contributed by atoms with Gasteiger partial charge < -0.3 is 15.4 Å². The van der Waals surface area contributed by atoms with Crippen LogP contribution in [0.3, 0.4) is 0 Å². The van der Waals surface area contributed by atoms with E-state index in [1.54, 1.807) is 10.3 Å². The van der Waals surface area contributed by atoms with E-state index < -0.39 is 0 Å². The lowest BCUT2D eigenvalue weighted by molar-refractivity contribution is -0.0126. The highest BCUT2D eigenvalue weighted by atomic mass is 32.1. The Labute approximate surface area is 105 Å². The third kappa shape index (κ3) is 2.83. The molecule has 2 rings (SSSR count). The molecule has 1 fully saturated rings. The van der Waals surface area contributed by atoms with Gasteiger partial charge in [0.1, 0.15) is 10.7 Å². The number of ether oxygens (including phenoxy) is 1. The molecule has 0 aliphatic carbocycles. The molecule has 0 saturated carbocycles. The summed E-state index contributed by atoms with van der Waals surface area (Å²) in [6.45, 7) is 5.69. The average molecular weight is 255 g/mol. The Morgan fingerprint density at radius 3 is 3.12 bits per heavy atom. The lowest BCUT2D eigenvalue weighted by atomic mass is 10.3. The topological polar surface area (TPSA) is 68.5 Å². The zero-order chi connectivity index (χ0) is 12.4. The van der Waals surface area contributed by atoms with Crippen molar-refractivity contribution in [3.8, 4) is 0 Å². The van der Waals surface area contributed by atoms with Crippen LogP contribution in [0.25, 0.3) is 0 Å². The summed E-state index contributed by atoms with van der Waals surface area (Å²) in [7, 11) is 0. The van der Waals surface area contributed by atoms with Gasteiger partial charge in [-0.3, -0.25) is 4.79 Å². The van der Waals surface area contributed by atoms with Gasteiger partial charge >= 0.3 is 0 Å². The summed E-state index contributed by atoms with van der Waals surface area (Å²) < 4.78 is 5.41. The van der Waals surface area contributed by atoms with Crippen LogP contribution in [0.2, 0.25) is 0 Å². The van der Waals surface area contributed by atoms with Crippen LogP contribution in [0.1, 0.15) is 35.4 Å². The molecule has 2 atom stereocenters. The van der Waals surface area contributed by atoms with E-state index in [0.717, 1.165) is 5.01 Å². The molecule has 1 saturated heterocycles. The third-order valence-electron chi connectivity index (χ3n) is 2.66. The number of carbonyl (C=O) groups excluding carboxylic acids is 1. The average Bonchev–Trinajstić information content (AvgIpc) is 2.77. The first-order valence-corrected chi connectivity index (χ1v) is 6.57. The van der Waals surface area contributed by atoms with Gasteiger partial charge in [0.25, 0.3) is 5.91 Å². The van der Waals surface area contributed by atoms with E-state index >= 15 is 0 Å². The number of nitrogens with zero attached hydrogens (tertiary/aromatic N) is 2. The number of rotatable bonds is 2. The van der Waals surface area contributed by atoms with Gasteiger partial charge in [-0.2, -0.15) is 0 Å². The monoisotopic (exact) mass is 255 g/mol. The molecule has 0 bridgehead atoms. The van der Waals surface area contributed by atoms with Crippen molar-refractivity contribution in [3.05, 3.63) is 16.1 Å². The largest absolute Gasteiger partial charge is 0.375 e. The van der Waals surface area contributed by atoms with Gasteiger partial charge in [-0.25, -0.2) is 4.98 Å². The van der Waals surface area contributed by atoms with Crippen LogP contribution >= 0.6 is 11.3 Å². The van der Waals surface area contributed by atoms with Gasteiger partial charge in [-0.05, 0) is 13.8 Å². The smallest absolute Gasteiger partial charge is 0.273 e. The van der Waals surface area contributed by atoms with Crippen LogP contribution in [-0.4, -0.2) is 41.6 Å². The number of morpholine rings is 1. The van der Waals surface area contributed by atoms with Crippen molar-refractivity contribution in [2.75, 3.05) is 19.7 Å². The molecule has 6 heteroatoms. The summed E-state index contributed by atoms with van der Waals surface area (Å²) in [6, 6.07) is -0.120. The Bertz CT molecular complexity index is 405. The van der Waals surface area contributed by atoms with Crippen LogP contribution in [0, 0.1) is 0 Å². The maximum atomic E-state index is 12.2. The zero-order valence-electron chi connectivity index (χ0n) is 10.0. The molecule has 0 aromatic carbocycles. The molecule has 1 aliphatic rings. The molecule has 1 amide bonds. The molecular weight excluding hydrogens is 238 g/mol.